The van der Waals surface area contributed by atoms with Crippen LogP contribution in [0.25, 0.3) is 0 Å². The number of aliphatic carboxylic acids is 1. The fraction of sp³-hybridized carbons (Fsp3) is 0.526. The maximum atomic E-state index is 12.8. The van der Waals surface area contributed by atoms with Crippen LogP contribution in [-0.4, -0.2) is 43.2 Å². The van der Waals surface area contributed by atoms with E-state index in [4.69, 9.17) is 9.84 Å². The molecule has 0 aromatic heterocycles. The molecule has 2 amide bonds. The molecule has 7 heteroatoms. The number of ether oxygens (including phenoxy) is 1. The summed E-state index contributed by atoms with van der Waals surface area (Å²) < 4.78 is 5.16. The number of carbonyl (C=O) groups excluding carboxylic acids is 2. The molecule has 0 unspecified atom stereocenters. The van der Waals surface area contributed by atoms with Crippen LogP contribution in [0.2, 0.25) is 0 Å². The molecule has 1 fully saturated rings. The molecule has 1 aromatic rings. The second-order valence-electron chi connectivity index (χ2n) is 6.73. The van der Waals surface area contributed by atoms with Crippen molar-refractivity contribution < 1.29 is 24.2 Å². The molecule has 0 heterocycles. The van der Waals surface area contributed by atoms with E-state index in [0.29, 0.717) is 12.3 Å². The normalized spacial score (nSPS) is 15.4. The van der Waals surface area contributed by atoms with Gasteiger partial charge in [-0.1, -0.05) is 25.0 Å². The highest BCUT2D eigenvalue weighted by Crippen LogP contribution is 2.42. The number of hydrogen-bond donors (Lipinski definition) is 3. The largest absolute Gasteiger partial charge is 0.480 e. The zero-order chi connectivity index (χ0) is 19.0. The summed E-state index contributed by atoms with van der Waals surface area (Å²) in [5, 5.41) is 13.9. The van der Waals surface area contributed by atoms with Gasteiger partial charge in [0, 0.05) is 19.4 Å². The predicted molar refractivity (Wildman–Crippen MR) is 96.8 cm³/mol. The third-order valence-electron chi connectivity index (χ3n) is 4.84. The number of methoxy groups -OCH3 is 1. The van der Waals surface area contributed by atoms with E-state index in [1.165, 1.54) is 0 Å². The first-order valence-electron chi connectivity index (χ1n) is 8.83. The maximum Gasteiger partial charge on any atom is 0.322 e. The maximum absolute atomic E-state index is 12.8. The van der Waals surface area contributed by atoms with Crippen molar-refractivity contribution in [2.45, 2.75) is 38.5 Å². The average molecular weight is 362 g/mol. The highest BCUT2D eigenvalue weighted by Gasteiger charge is 2.40. The van der Waals surface area contributed by atoms with E-state index in [-0.39, 0.29) is 23.7 Å². The molecule has 0 atom stereocenters. The first-order chi connectivity index (χ1) is 12.4. The van der Waals surface area contributed by atoms with E-state index in [9.17, 15) is 14.4 Å². The molecule has 1 saturated carbocycles. The van der Waals surface area contributed by atoms with Gasteiger partial charge in [-0.3, -0.25) is 14.4 Å². The van der Waals surface area contributed by atoms with E-state index in [0.717, 1.165) is 37.7 Å². The Morgan fingerprint density at radius 2 is 1.81 bits per heavy atom. The Balaban J connectivity index is 1.92. The number of nitrogens with one attached hydrogen (secondary N) is 2. The van der Waals surface area contributed by atoms with E-state index >= 15 is 0 Å². The first kappa shape index (κ1) is 19.9. The average Bonchev–Trinajstić information content (AvgIpc) is 3.10. The van der Waals surface area contributed by atoms with Crippen molar-refractivity contribution in [3.8, 4) is 0 Å². The van der Waals surface area contributed by atoms with Crippen LogP contribution in [0.15, 0.2) is 24.3 Å². The summed E-state index contributed by atoms with van der Waals surface area (Å²) in [6.07, 6.45) is 4.69. The molecule has 1 aliphatic carbocycles. The Morgan fingerprint density at radius 3 is 2.38 bits per heavy atom. The second-order valence-corrected chi connectivity index (χ2v) is 6.73. The smallest absolute Gasteiger partial charge is 0.322 e. The Morgan fingerprint density at radius 1 is 1.15 bits per heavy atom. The molecule has 2 rings (SSSR count). The summed E-state index contributed by atoms with van der Waals surface area (Å²) in [6.45, 7) is 0.175. The number of carbonyl (C=O) groups is 3. The standard InChI is InChI=1S/C19H26N2O5/c1-26-11-10-19(8-2-3-9-19)18(25)21-15-6-4-14(5-7-15)12-16(22)20-13-17(23)24/h4-7H,2-3,8-13H2,1H3,(H,20,22)(H,21,25)(H,23,24). The Hall–Kier alpha value is -2.41. The molecular formula is C19H26N2O5. The van der Waals surface area contributed by atoms with Gasteiger partial charge in [-0.05, 0) is 37.0 Å². The minimum Gasteiger partial charge on any atom is -0.480 e. The lowest BCUT2D eigenvalue weighted by Gasteiger charge is -2.27. The molecule has 1 aliphatic rings. The van der Waals surface area contributed by atoms with Crippen LogP contribution in [0.5, 0.6) is 0 Å². The molecule has 26 heavy (non-hydrogen) atoms. The van der Waals surface area contributed by atoms with Crippen LogP contribution >= 0.6 is 0 Å². The molecule has 0 aliphatic heterocycles. The van der Waals surface area contributed by atoms with Crippen molar-refractivity contribution in [1.82, 2.24) is 5.32 Å². The highest BCUT2D eigenvalue weighted by atomic mass is 16.5. The third-order valence-corrected chi connectivity index (χ3v) is 4.84. The molecule has 142 valence electrons. The molecule has 0 spiro atoms. The zero-order valence-electron chi connectivity index (χ0n) is 15.0. The van der Waals surface area contributed by atoms with E-state index in [2.05, 4.69) is 10.6 Å². The quantitative estimate of drug-likeness (QED) is 0.623. The van der Waals surface area contributed by atoms with Gasteiger partial charge in [0.2, 0.25) is 11.8 Å². The van der Waals surface area contributed by atoms with E-state index in [1.807, 2.05) is 0 Å². The fourth-order valence-corrected chi connectivity index (χ4v) is 3.33. The van der Waals surface area contributed by atoms with Gasteiger partial charge < -0.3 is 20.5 Å². The van der Waals surface area contributed by atoms with Crippen molar-refractivity contribution in [2.75, 3.05) is 25.6 Å². The van der Waals surface area contributed by atoms with Crippen molar-refractivity contribution in [3.05, 3.63) is 29.8 Å². The Labute approximate surface area is 153 Å². The molecule has 3 N–H and O–H groups in total. The monoisotopic (exact) mass is 362 g/mol. The number of amides is 2. The van der Waals surface area contributed by atoms with Gasteiger partial charge in [0.25, 0.3) is 0 Å². The van der Waals surface area contributed by atoms with E-state index in [1.54, 1.807) is 31.4 Å². The summed E-state index contributed by atoms with van der Waals surface area (Å²) in [6, 6.07) is 7.03. The molecule has 7 nitrogen and oxygen atoms in total. The number of anilines is 1. The number of hydrogen-bond acceptors (Lipinski definition) is 4. The van der Waals surface area contributed by atoms with Crippen LogP contribution in [0.3, 0.4) is 0 Å². The number of benzene rings is 1. The SMILES string of the molecule is COCCC1(C(=O)Nc2ccc(CC(=O)NCC(=O)O)cc2)CCCC1. The predicted octanol–water partition coefficient (Wildman–Crippen LogP) is 1.97. The summed E-state index contributed by atoms with van der Waals surface area (Å²) in [4.78, 5) is 34.8. The lowest BCUT2D eigenvalue weighted by molar-refractivity contribution is -0.137. The van der Waals surface area contributed by atoms with Gasteiger partial charge in [0.05, 0.1) is 11.8 Å². The van der Waals surface area contributed by atoms with Crippen molar-refractivity contribution in [1.29, 1.82) is 0 Å². The Kier molecular flexibility index (Phi) is 7.15. The van der Waals surface area contributed by atoms with E-state index < -0.39 is 12.5 Å². The van der Waals surface area contributed by atoms with Crippen LogP contribution in [0, 0.1) is 5.41 Å². The lowest BCUT2D eigenvalue weighted by Crippen LogP contribution is -2.35. The van der Waals surface area contributed by atoms with Crippen molar-refractivity contribution >= 4 is 23.5 Å². The van der Waals surface area contributed by atoms with Crippen LogP contribution in [-0.2, 0) is 25.5 Å². The molecule has 1 aromatic carbocycles. The zero-order valence-corrected chi connectivity index (χ0v) is 15.0. The third kappa shape index (κ3) is 5.56. The van der Waals surface area contributed by atoms with Gasteiger partial charge in [-0.25, -0.2) is 0 Å². The number of carboxylic acids is 1. The van der Waals surface area contributed by atoms with Gasteiger partial charge in [-0.2, -0.15) is 0 Å². The van der Waals surface area contributed by atoms with Crippen LogP contribution < -0.4 is 10.6 Å². The summed E-state index contributed by atoms with van der Waals surface area (Å²) in [7, 11) is 1.64. The lowest BCUT2D eigenvalue weighted by atomic mass is 9.82. The fourth-order valence-electron chi connectivity index (χ4n) is 3.33. The topological polar surface area (TPSA) is 105 Å². The first-order valence-corrected chi connectivity index (χ1v) is 8.83. The number of rotatable bonds is 9. The van der Waals surface area contributed by atoms with Gasteiger partial charge in [0.1, 0.15) is 6.54 Å². The van der Waals surface area contributed by atoms with Gasteiger partial charge in [-0.15, -0.1) is 0 Å². The summed E-state index contributed by atoms with van der Waals surface area (Å²) in [5.41, 5.74) is 1.08. The minimum atomic E-state index is -1.08. The number of carboxylic acid groups (broad SMARTS) is 1. The highest BCUT2D eigenvalue weighted by molar-refractivity contribution is 5.95. The van der Waals surface area contributed by atoms with Crippen LogP contribution in [0.4, 0.5) is 5.69 Å². The minimum absolute atomic E-state index is 0.0269. The van der Waals surface area contributed by atoms with Gasteiger partial charge in [0.15, 0.2) is 0 Å². The molecule has 0 bridgehead atoms. The van der Waals surface area contributed by atoms with Crippen molar-refractivity contribution in [2.24, 2.45) is 5.41 Å². The molecule has 0 radical (unpaired) electrons. The van der Waals surface area contributed by atoms with Crippen molar-refractivity contribution in [3.63, 3.8) is 0 Å². The summed E-state index contributed by atoms with van der Waals surface area (Å²) in [5.74, 6) is -1.40. The molecular weight excluding hydrogens is 336 g/mol. The van der Waals surface area contributed by atoms with Crippen LogP contribution in [0.1, 0.15) is 37.7 Å². The molecule has 0 saturated heterocycles. The van der Waals surface area contributed by atoms with Gasteiger partial charge >= 0.3 is 5.97 Å². The second kappa shape index (κ2) is 9.33. The summed E-state index contributed by atoms with van der Waals surface area (Å²) >= 11 is 0. The Bertz CT molecular complexity index is 636.